The summed E-state index contributed by atoms with van der Waals surface area (Å²) in [5.41, 5.74) is 6.26. The minimum atomic E-state index is -3.82. The summed E-state index contributed by atoms with van der Waals surface area (Å²) in [6, 6.07) is 8.72. The van der Waals surface area contributed by atoms with E-state index in [0.717, 1.165) is 13.1 Å². The van der Waals surface area contributed by atoms with Gasteiger partial charge in [-0.05, 0) is 73.9 Å². The molecule has 2 saturated carbocycles. The number of alkyl halides is 2. The second kappa shape index (κ2) is 12.5. The topological polar surface area (TPSA) is 141 Å². The van der Waals surface area contributed by atoms with Crippen molar-refractivity contribution in [3.8, 4) is 0 Å². The maximum Gasteiger partial charge on any atom is 0.276 e. The van der Waals surface area contributed by atoms with Gasteiger partial charge in [0, 0.05) is 87.4 Å². The van der Waals surface area contributed by atoms with E-state index >= 15 is 8.78 Å². The standard InChI is InChI=1S/C32H40ClF2N7O4S/c33-27-13-21(32(34,35)20-3-1-19(2-4-20)31(44)39-30-25-16-37-17-26(25)30)14-28(38-27)40-9-11-41(12-10-40)47(45,46)24-7-5-23(6-8-24)42-18-22(36)15-29(42)43/h5-8,13-14,19-20,22,25-26,30,37H,1-4,9-12,15-18,36H2,(H,39,44)/t19-,20-,22-,25-,26+,30?/m1/s1. The lowest BCUT2D eigenvalue weighted by atomic mass is 9.77. The molecule has 254 valence electrons. The molecule has 47 heavy (non-hydrogen) atoms. The molecule has 1 unspecified atom stereocenters. The van der Waals surface area contributed by atoms with Gasteiger partial charge in [0.2, 0.25) is 21.8 Å². The molecule has 4 N–H and O–H groups in total. The van der Waals surface area contributed by atoms with Crippen LogP contribution < -0.4 is 26.2 Å². The largest absolute Gasteiger partial charge is 0.354 e. The summed E-state index contributed by atoms with van der Waals surface area (Å²) in [5.74, 6) is -3.15. The van der Waals surface area contributed by atoms with Gasteiger partial charge in [0.1, 0.15) is 11.0 Å². The monoisotopic (exact) mass is 691 g/mol. The molecule has 5 aliphatic rings. The van der Waals surface area contributed by atoms with Gasteiger partial charge in [-0.25, -0.2) is 22.2 Å². The van der Waals surface area contributed by atoms with Crippen molar-refractivity contribution in [2.45, 2.75) is 55.0 Å². The average molecular weight is 692 g/mol. The van der Waals surface area contributed by atoms with Gasteiger partial charge in [0.15, 0.2) is 0 Å². The maximum atomic E-state index is 15.9. The van der Waals surface area contributed by atoms with E-state index in [1.54, 1.807) is 21.9 Å². The van der Waals surface area contributed by atoms with Crippen LogP contribution in [0.2, 0.25) is 5.15 Å². The van der Waals surface area contributed by atoms with E-state index in [9.17, 15) is 18.0 Å². The number of rotatable bonds is 8. The number of nitrogens with zero attached hydrogens (tertiary/aromatic N) is 4. The van der Waals surface area contributed by atoms with Crippen LogP contribution in [0.1, 0.15) is 37.7 Å². The number of nitrogens with two attached hydrogens (primary N) is 1. The molecular weight excluding hydrogens is 652 g/mol. The highest BCUT2D eigenvalue weighted by Crippen LogP contribution is 2.47. The van der Waals surface area contributed by atoms with Gasteiger partial charge in [-0.15, -0.1) is 0 Å². The predicted octanol–water partition coefficient (Wildman–Crippen LogP) is 2.54. The van der Waals surface area contributed by atoms with E-state index in [2.05, 4.69) is 15.6 Å². The van der Waals surface area contributed by atoms with Crippen molar-refractivity contribution in [1.29, 1.82) is 0 Å². The van der Waals surface area contributed by atoms with E-state index in [1.165, 1.54) is 28.6 Å². The number of piperazine rings is 1. The minimum Gasteiger partial charge on any atom is -0.354 e. The van der Waals surface area contributed by atoms with Crippen LogP contribution in [-0.4, -0.2) is 87.4 Å². The highest BCUT2D eigenvalue weighted by atomic mass is 35.5. The van der Waals surface area contributed by atoms with Gasteiger partial charge >= 0.3 is 0 Å². The molecule has 0 radical (unpaired) electrons. The van der Waals surface area contributed by atoms with E-state index in [4.69, 9.17) is 17.3 Å². The third-order valence-electron chi connectivity index (χ3n) is 10.7. The number of sulfonamides is 1. The Kier molecular flexibility index (Phi) is 8.69. The Labute approximate surface area is 278 Å². The lowest BCUT2D eigenvalue weighted by Gasteiger charge is -2.36. The van der Waals surface area contributed by atoms with Crippen molar-refractivity contribution in [3.63, 3.8) is 0 Å². The fourth-order valence-electron chi connectivity index (χ4n) is 7.80. The summed E-state index contributed by atoms with van der Waals surface area (Å²) in [7, 11) is -3.82. The summed E-state index contributed by atoms with van der Waals surface area (Å²) in [4.78, 5) is 32.7. The van der Waals surface area contributed by atoms with Crippen molar-refractivity contribution in [2.75, 3.05) is 55.6 Å². The zero-order chi connectivity index (χ0) is 33.1. The van der Waals surface area contributed by atoms with Crippen molar-refractivity contribution in [3.05, 3.63) is 47.1 Å². The molecule has 1 aromatic carbocycles. The number of fused-ring (bicyclic) bond motifs is 1. The van der Waals surface area contributed by atoms with Gasteiger partial charge in [-0.1, -0.05) is 11.6 Å². The smallest absolute Gasteiger partial charge is 0.276 e. The van der Waals surface area contributed by atoms with Gasteiger partial charge < -0.3 is 26.2 Å². The summed E-state index contributed by atoms with van der Waals surface area (Å²) >= 11 is 6.27. The van der Waals surface area contributed by atoms with E-state index in [0.29, 0.717) is 36.9 Å². The number of anilines is 2. The van der Waals surface area contributed by atoms with Crippen LogP contribution >= 0.6 is 11.6 Å². The molecule has 3 aliphatic heterocycles. The highest BCUT2D eigenvalue weighted by Gasteiger charge is 2.54. The van der Waals surface area contributed by atoms with Crippen molar-refractivity contribution < 1.29 is 26.8 Å². The summed E-state index contributed by atoms with van der Waals surface area (Å²) in [6.45, 7) is 2.99. The van der Waals surface area contributed by atoms with Crippen LogP contribution in [0.25, 0.3) is 0 Å². The number of carbonyl (C=O) groups is 2. The normalized spacial score (nSPS) is 30.0. The molecule has 0 bridgehead atoms. The van der Waals surface area contributed by atoms with Crippen molar-refractivity contribution in [2.24, 2.45) is 29.4 Å². The lowest BCUT2D eigenvalue weighted by Crippen LogP contribution is -2.49. The number of piperidine rings is 1. The minimum absolute atomic E-state index is 0.0117. The second-order valence-corrected chi connectivity index (χ2v) is 15.9. The maximum absolute atomic E-state index is 15.9. The first-order valence-electron chi connectivity index (χ1n) is 16.4. The predicted molar refractivity (Wildman–Crippen MR) is 173 cm³/mol. The Morgan fingerprint density at radius 3 is 2.30 bits per heavy atom. The molecule has 2 amide bonds. The number of hydrogen-bond donors (Lipinski definition) is 3. The number of aromatic nitrogens is 1. The molecule has 11 nitrogen and oxygen atoms in total. The molecule has 5 fully saturated rings. The summed E-state index contributed by atoms with van der Waals surface area (Å²) < 4.78 is 60.0. The molecule has 0 spiro atoms. The number of halogens is 3. The molecular formula is C32H40ClF2N7O4S. The number of pyridine rings is 1. The number of amides is 2. The Morgan fingerprint density at radius 2 is 1.68 bits per heavy atom. The molecule has 3 saturated heterocycles. The molecule has 1 aromatic heterocycles. The number of carbonyl (C=O) groups excluding carboxylic acids is 2. The SMILES string of the molecule is N[C@@H]1CC(=O)N(c2ccc(S(=O)(=O)N3CCN(c4cc(C(F)(F)[C@H]5CC[C@H](C(=O)NC6[C@H]7CNC[C@@H]67)CC5)cc(Cl)n4)CC3)cc2)C1. The Hall–Kier alpha value is -2.91. The Bertz CT molecular complexity index is 1620. The first-order chi connectivity index (χ1) is 22.4. The highest BCUT2D eigenvalue weighted by molar-refractivity contribution is 7.89. The molecule has 4 atom stereocenters. The van der Waals surface area contributed by atoms with Crippen LogP contribution in [0, 0.1) is 23.7 Å². The van der Waals surface area contributed by atoms with Crippen LogP contribution in [0.4, 0.5) is 20.3 Å². The number of hydrogen-bond acceptors (Lipinski definition) is 8. The van der Waals surface area contributed by atoms with Gasteiger partial charge in [-0.2, -0.15) is 4.31 Å². The van der Waals surface area contributed by atoms with E-state index in [1.807, 2.05) is 0 Å². The van der Waals surface area contributed by atoms with Crippen LogP contribution in [0.5, 0.6) is 0 Å². The lowest BCUT2D eigenvalue weighted by molar-refractivity contribution is -0.129. The Morgan fingerprint density at radius 1 is 1.02 bits per heavy atom. The third-order valence-corrected chi connectivity index (χ3v) is 12.8. The molecule has 7 rings (SSSR count). The third kappa shape index (κ3) is 6.34. The van der Waals surface area contributed by atoms with Gasteiger partial charge in [0.05, 0.1) is 4.90 Å². The first kappa shape index (κ1) is 32.6. The number of benzene rings is 1. The summed E-state index contributed by atoms with van der Waals surface area (Å²) in [6.07, 6.45) is 1.56. The zero-order valence-electron chi connectivity index (χ0n) is 26.0. The Balaban J connectivity index is 0.957. The van der Waals surface area contributed by atoms with Gasteiger partial charge in [-0.3, -0.25) is 9.59 Å². The van der Waals surface area contributed by atoms with E-state index < -0.39 is 21.9 Å². The second-order valence-electron chi connectivity index (χ2n) is 13.6. The summed E-state index contributed by atoms with van der Waals surface area (Å²) in [5, 5.41) is 6.40. The van der Waals surface area contributed by atoms with Crippen LogP contribution in [0.3, 0.4) is 0 Å². The molecule has 15 heteroatoms. The van der Waals surface area contributed by atoms with Crippen molar-refractivity contribution in [1.82, 2.24) is 19.9 Å². The fourth-order valence-corrected chi connectivity index (χ4v) is 9.42. The van der Waals surface area contributed by atoms with Crippen LogP contribution in [-0.2, 0) is 25.5 Å². The number of nitrogens with one attached hydrogen (secondary N) is 2. The molecule has 2 aromatic rings. The first-order valence-corrected chi connectivity index (χ1v) is 18.2. The zero-order valence-corrected chi connectivity index (χ0v) is 27.5. The quantitative estimate of drug-likeness (QED) is 0.359. The molecule has 2 aliphatic carbocycles. The van der Waals surface area contributed by atoms with Gasteiger partial charge in [0.25, 0.3) is 5.92 Å². The van der Waals surface area contributed by atoms with E-state index in [-0.39, 0.29) is 96.7 Å². The van der Waals surface area contributed by atoms with Crippen molar-refractivity contribution >= 4 is 44.9 Å². The van der Waals surface area contributed by atoms with Crippen LogP contribution in [0.15, 0.2) is 41.3 Å². The average Bonchev–Trinajstić information content (AvgIpc) is 3.34. The fraction of sp³-hybridized carbons (Fsp3) is 0.594. The molecule has 4 heterocycles.